The molecular formula is C120H192N6O7. The first-order chi connectivity index (χ1) is 63.4. The number of allylic oxidation sites excluding steroid dienone is 4. The van der Waals surface area contributed by atoms with E-state index in [1.807, 2.05) is 16.7 Å². The van der Waals surface area contributed by atoms with Gasteiger partial charge in [0, 0.05) is 100 Å². The van der Waals surface area contributed by atoms with Gasteiger partial charge in [-0.1, -0.05) is 154 Å². The molecule has 13 heteroatoms. The normalized spacial score (nSPS) is 53.1. The Labute approximate surface area is 809 Å². The van der Waals surface area contributed by atoms with Gasteiger partial charge in [-0.25, -0.2) is 0 Å². The van der Waals surface area contributed by atoms with Crippen LogP contribution in [0, 0.1) is 176 Å². The Hall–Kier alpha value is -2.75. The summed E-state index contributed by atoms with van der Waals surface area (Å²) in [5.41, 5.74) is 16.5. The first-order valence-electron chi connectivity index (χ1n) is 57.8. The fraction of sp³-hybridized carbons (Fsp3) is 0.908. The summed E-state index contributed by atoms with van der Waals surface area (Å²) in [7, 11) is 0. The number of carbonyl (C=O) groups excluding carboxylic acids is 3. The highest BCUT2D eigenvalue weighted by Crippen LogP contribution is 2.72. The summed E-state index contributed by atoms with van der Waals surface area (Å²) in [5, 5.41) is 17.9. The van der Waals surface area contributed by atoms with Gasteiger partial charge in [0.25, 0.3) is 0 Å². The summed E-state index contributed by atoms with van der Waals surface area (Å²) in [4.78, 5) is 38.1. The molecule has 20 fully saturated rings. The molecule has 0 unspecified atom stereocenters. The van der Waals surface area contributed by atoms with E-state index in [2.05, 4.69) is 156 Å². The second-order valence-electron chi connectivity index (χ2n) is 55.4. The van der Waals surface area contributed by atoms with Gasteiger partial charge in [-0.15, -0.1) is 0 Å². The van der Waals surface area contributed by atoms with Crippen molar-refractivity contribution in [3.63, 3.8) is 0 Å². The minimum Gasteiger partial charge on any atom is -0.369 e. The quantitative estimate of drug-likeness (QED) is 0.171. The third kappa shape index (κ3) is 16.7. The topological polar surface area (TPSA) is 152 Å². The fourth-order valence-corrected chi connectivity index (χ4v) is 40.9. The van der Waals surface area contributed by atoms with E-state index in [9.17, 15) is 14.4 Å². The number of rotatable bonds is 4. The predicted octanol–water partition coefficient (Wildman–Crippen LogP) is 24.6. The molecule has 24 aliphatic rings. The zero-order valence-corrected chi connectivity index (χ0v) is 88.0. The van der Waals surface area contributed by atoms with Crippen LogP contribution in [0.5, 0.6) is 0 Å². The maximum Gasteiger partial charge on any atom is 0.217 e. The lowest BCUT2D eigenvalue weighted by Crippen LogP contribution is -2.53. The van der Waals surface area contributed by atoms with Crippen LogP contribution in [0.1, 0.15) is 395 Å². The van der Waals surface area contributed by atoms with E-state index in [4.69, 9.17) is 18.9 Å². The molecule has 0 aromatic heterocycles. The maximum atomic E-state index is 12.3. The molecule has 16 aliphatic carbocycles. The molecule has 13 nitrogen and oxygen atoms in total. The minimum absolute atomic E-state index is 0.0407. The zero-order chi connectivity index (χ0) is 93.0. The van der Waals surface area contributed by atoms with E-state index in [0.29, 0.717) is 118 Å². The lowest BCUT2D eigenvalue weighted by molar-refractivity contribution is -0.130. The van der Waals surface area contributed by atoms with Crippen molar-refractivity contribution in [2.24, 2.45) is 176 Å². The number of Topliss-reactive ketones (excluding diaryl/α,β-unsaturated/α-hetero) is 1. The molecule has 2 amide bonds. The van der Waals surface area contributed by atoms with E-state index in [1.54, 1.807) is 41.7 Å². The molecule has 5 N–H and O–H groups in total. The Morgan fingerprint density at radius 1 is 0.368 bits per heavy atom. The minimum atomic E-state index is -0.0407. The van der Waals surface area contributed by atoms with Crippen LogP contribution in [0.3, 0.4) is 0 Å². The number of likely N-dealkylation sites (tertiary alicyclic amines) is 1. The Bertz CT molecular complexity index is 4320. The summed E-state index contributed by atoms with van der Waals surface area (Å²) in [5.74, 6) is 21.7. The Kier molecular flexibility index (Phi) is 26.5. The van der Waals surface area contributed by atoms with Crippen molar-refractivity contribution in [2.45, 2.75) is 472 Å². The van der Waals surface area contributed by atoms with E-state index < -0.39 is 0 Å². The Morgan fingerprint density at radius 2 is 0.714 bits per heavy atom. The summed E-state index contributed by atoms with van der Waals surface area (Å²) in [6.45, 7) is 54.5. The van der Waals surface area contributed by atoms with Gasteiger partial charge in [-0.3, -0.25) is 19.3 Å². The van der Waals surface area contributed by atoms with Crippen molar-refractivity contribution < 1.29 is 33.3 Å². The first-order valence-corrected chi connectivity index (χ1v) is 57.8. The third-order valence-electron chi connectivity index (χ3n) is 48.3. The van der Waals surface area contributed by atoms with Gasteiger partial charge < -0.3 is 45.5 Å². The first kappa shape index (κ1) is 96.4. The van der Waals surface area contributed by atoms with Gasteiger partial charge >= 0.3 is 0 Å². The van der Waals surface area contributed by atoms with Crippen LogP contribution < -0.4 is 26.6 Å². The lowest BCUT2D eigenvalue weighted by atomic mass is 9.51. The van der Waals surface area contributed by atoms with Crippen molar-refractivity contribution in [2.75, 3.05) is 39.3 Å². The summed E-state index contributed by atoms with van der Waals surface area (Å²) >= 11 is 0. The number of piperidine rings is 4. The smallest absolute Gasteiger partial charge is 0.217 e. The highest BCUT2D eigenvalue weighted by molar-refractivity contribution is 5.79. The molecule has 8 aliphatic heterocycles. The lowest BCUT2D eigenvalue weighted by Gasteiger charge is -2.54. The van der Waals surface area contributed by atoms with Crippen LogP contribution in [0.4, 0.5) is 0 Å². The standard InChI is InChI=1S/C32H50N2O3.C30H48N2O2.2C29H47NO/c1-19-14-29-30(34(18-19)13-12-33-22(4)35)21(3)32(37-29)11-9-25-26-7-6-23-15-24(36)8-10-31(23,5)28(26)16-27(25)20(2)17-32;1-17-12-27-28(31-16-17)19(3)30(34-27)11-9-23-24-7-6-21-13-22(32-20(4)33)8-10-29(21,5)26(24)14-25(23)18(2)15-30;2*1-17-8-10-28(5)21(12-17)6-7-23-22-9-11-29(15-19(3)24(22)14-25(23)28)20(4)27-26(31-29)13-18(2)16-30-27/h19,21,23,25-26,28-30H,6-18H2,1-5H3,(H,33,35);17,19,21-24,26-28,31H,6-16H2,1-5H3,(H,32,33);2*17-18,20-23,25-27,30H,6-16H2,1-5H3/t19-,21+,23+,25-,26-,28-,29+,30-,31-,32-;17-,19+,21+,22+,23-,24-,26-,27+,28-,29-,30-;2*17-,18+,20-,21-,22+,23+,25+,26-,27+,28+,29+/m0011/s1. The molecular weight excluding hydrogens is 1640 g/mol. The zero-order valence-electron chi connectivity index (χ0n) is 88.0. The number of amides is 2. The van der Waals surface area contributed by atoms with Gasteiger partial charge in [0.2, 0.25) is 11.8 Å². The van der Waals surface area contributed by atoms with Crippen LogP contribution >= 0.6 is 0 Å². The molecule has 12 saturated carbocycles. The Morgan fingerprint density at radius 3 is 1.10 bits per heavy atom. The Balaban J connectivity index is 0.000000107. The predicted molar refractivity (Wildman–Crippen MR) is 538 cm³/mol. The van der Waals surface area contributed by atoms with Crippen molar-refractivity contribution in [3.8, 4) is 0 Å². The molecule has 4 spiro atoms. The molecule has 744 valence electrons. The number of hydrogen-bond donors (Lipinski definition) is 5. The molecule has 0 radical (unpaired) electrons. The van der Waals surface area contributed by atoms with Gasteiger partial charge in [0.1, 0.15) is 5.78 Å². The number of ether oxygens (including phenoxy) is 4. The fourth-order valence-electron chi connectivity index (χ4n) is 40.9. The number of nitrogens with one attached hydrogen (secondary N) is 5. The van der Waals surface area contributed by atoms with E-state index >= 15 is 0 Å². The second-order valence-corrected chi connectivity index (χ2v) is 55.4. The van der Waals surface area contributed by atoms with Crippen LogP contribution in [0.25, 0.3) is 0 Å². The van der Waals surface area contributed by atoms with Gasteiger partial charge in [0.05, 0.1) is 46.8 Å². The summed E-state index contributed by atoms with van der Waals surface area (Å²) < 4.78 is 28.3. The van der Waals surface area contributed by atoms with Crippen molar-refractivity contribution in [3.05, 3.63) is 44.6 Å². The molecule has 24 rings (SSSR count). The van der Waals surface area contributed by atoms with Crippen LogP contribution in [0.15, 0.2) is 44.6 Å². The summed E-state index contributed by atoms with van der Waals surface area (Å²) in [6.07, 6.45) is 53.8. The average molecular weight is 1830 g/mol. The van der Waals surface area contributed by atoms with Gasteiger partial charge in [-0.2, -0.15) is 0 Å². The highest BCUT2D eigenvalue weighted by Gasteiger charge is 2.67. The number of ketones is 1. The molecule has 43 atom stereocenters. The molecule has 8 heterocycles. The summed E-state index contributed by atoms with van der Waals surface area (Å²) in [6, 6.07) is 2.58. The van der Waals surface area contributed by atoms with Crippen LogP contribution in [-0.2, 0) is 33.3 Å². The van der Waals surface area contributed by atoms with Crippen LogP contribution in [0.2, 0.25) is 0 Å². The number of hydrogen-bond acceptors (Lipinski definition) is 11. The third-order valence-corrected chi connectivity index (χ3v) is 48.3. The maximum absolute atomic E-state index is 12.3. The SMILES string of the molecule is CC(=O)NCCN1C[C@@H](C)C[C@H]2O[C@]3(CC[C@@H]4C(=C(C)C3)C[C@H]3[C@H]4CC[C@@H]4CC(=O)CC[C@@]43C)[C@H](C)[C@@H]21.CC(=O)N[C@@H]1CC[C@@]2(C)[C@H](CC[C@H]3[C@@H]4CC[C@@]5(CC(C)=C4C[C@@H]32)O[C@@H]2C[C@H](C)CN[C@H]2[C@H]5C)C1.CC1=C2C[C@H]3[C@@H](CC[C@@H]4C[C@H](C)CC[C@@]43C)[C@@H]2CC[C@@]2(C1)O[C@@H]1C[C@H](C)CN[C@H]1[C@H]2C.CC1=C2C[C@H]3[C@@H](CC[C@@H]4C[C@H](C)CC[C@@]43C)[C@@H]2CC[C@@]2(C1)O[C@@H]1C[C@H](C)CN[C@H]1[C@H]2C. The largest absolute Gasteiger partial charge is 0.369 e. The highest BCUT2D eigenvalue weighted by atomic mass is 16.5. The van der Waals surface area contributed by atoms with Gasteiger partial charge in [0.15, 0.2) is 0 Å². The molecule has 0 bridgehead atoms. The molecule has 0 aromatic rings. The number of fused-ring (bicyclic) bond motifs is 24. The van der Waals surface area contributed by atoms with E-state index in [1.165, 1.54) is 231 Å². The second kappa shape index (κ2) is 36.5. The monoisotopic (exact) mass is 1830 g/mol. The van der Waals surface area contributed by atoms with E-state index in [0.717, 1.165) is 183 Å². The molecule has 8 saturated heterocycles. The number of nitrogens with zero attached hydrogens (tertiary/aromatic N) is 1. The van der Waals surface area contributed by atoms with Crippen molar-refractivity contribution in [1.29, 1.82) is 0 Å². The van der Waals surface area contributed by atoms with Crippen molar-refractivity contribution in [1.82, 2.24) is 31.5 Å². The van der Waals surface area contributed by atoms with E-state index in [-0.39, 0.29) is 34.2 Å². The number of carbonyl (C=O) groups is 3. The molecule has 133 heavy (non-hydrogen) atoms. The van der Waals surface area contributed by atoms with Crippen LogP contribution in [-0.4, -0.2) is 139 Å². The average Bonchev–Trinajstić information content (AvgIpc) is 1.59. The van der Waals surface area contributed by atoms with Gasteiger partial charge in [-0.05, 0) is 430 Å². The van der Waals surface area contributed by atoms with Crippen molar-refractivity contribution >= 4 is 17.6 Å². The molecule has 0 aromatic carbocycles.